The minimum Gasteiger partial charge on any atom is -0.497 e. The molecule has 6 nitrogen and oxygen atoms in total. The van der Waals surface area contributed by atoms with Gasteiger partial charge in [-0.25, -0.2) is 8.42 Å². The number of rotatable bonds is 6. The standard InChI is InChI=1S/C18H18F2N2O4S/c1-25-10-5-8-15(26-18(19)20)16(9-10)27(23,24)22-14-4-2-3-11-12-6-7-13(21-12)17(11)14/h2-5,8-9,12-13,18,21-22H,6-7H2,1H3. The Bertz CT molecular complexity index is 981. The molecule has 2 bridgehead atoms. The first-order valence-corrected chi connectivity index (χ1v) is 9.92. The molecule has 144 valence electrons. The van der Waals surface area contributed by atoms with Crippen molar-refractivity contribution in [3.8, 4) is 11.5 Å². The van der Waals surface area contributed by atoms with E-state index in [-0.39, 0.29) is 17.8 Å². The normalized spacial score (nSPS) is 20.6. The molecule has 0 aromatic heterocycles. The van der Waals surface area contributed by atoms with E-state index in [1.807, 2.05) is 6.07 Å². The van der Waals surface area contributed by atoms with Gasteiger partial charge in [-0.2, -0.15) is 8.78 Å². The van der Waals surface area contributed by atoms with Crippen LogP contribution < -0.4 is 19.5 Å². The second kappa shape index (κ2) is 6.65. The molecule has 0 aliphatic carbocycles. The maximum absolute atomic E-state index is 13.0. The molecule has 2 N–H and O–H groups in total. The third-order valence-corrected chi connectivity index (χ3v) is 6.30. The van der Waals surface area contributed by atoms with E-state index in [4.69, 9.17) is 4.74 Å². The lowest BCUT2D eigenvalue weighted by Crippen LogP contribution is -2.17. The number of benzene rings is 2. The Morgan fingerprint density at radius 2 is 1.96 bits per heavy atom. The third kappa shape index (κ3) is 3.21. The first kappa shape index (κ1) is 18.0. The molecule has 2 atom stereocenters. The summed E-state index contributed by atoms with van der Waals surface area (Å²) in [7, 11) is -2.82. The Morgan fingerprint density at radius 1 is 1.19 bits per heavy atom. The first-order chi connectivity index (χ1) is 12.9. The highest BCUT2D eigenvalue weighted by molar-refractivity contribution is 7.92. The Morgan fingerprint density at radius 3 is 2.70 bits per heavy atom. The van der Waals surface area contributed by atoms with Crippen molar-refractivity contribution < 1.29 is 26.7 Å². The molecule has 2 heterocycles. The van der Waals surface area contributed by atoms with Gasteiger partial charge in [0.05, 0.1) is 12.8 Å². The highest BCUT2D eigenvalue weighted by atomic mass is 32.2. The van der Waals surface area contributed by atoms with E-state index >= 15 is 0 Å². The Labute approximate surface area is 155 Å². The molecular weight excluding hydrogens is 378 g/mol. The van der Waals surface area contributed by atoms with Gasteiger partial charge in [-0.1, -0.05) is 12.1 Å². The van der Waals surface area contributed by atoms with Crippen molar-refractivity contribution in [1.82, 2.24) is 5.32 Å². The van der Waals surface area contributed by atoms with E-state index in [0.717, 1.165) is 36.1 Å². The van der Waals surface area contributed by atoms with Gasteiger partial charge in [0.25, 0.3) is 10.0 Å². The van der Waals surface area contributed by atoms with Crippen molar-refractivity contribution >= 4 is 15.7 Å². The first-order valence-electron chi connectivity index (χ1n) is 8.43. The predicted molar refractivity (Wildman–Crippen MR) is 94.7 cm³/mol. The van der Waals surface area contributed by atoms with Crippen LogP contribution >= 0.6 is 0 Å². The van der Waals surface area contributed by atoms with Crippen molar-refractivity contribution in [2.75, 3.05) is 11.8 Å². The van der Waals surface area contributed by atoms with Gasteiger partial charge in [0, 0.05) is 18.2 Å². The molecule has 1 fully saturated rings. The number of ether oxygens (including phenoxy) is 2. The summed E-state index contributed by atoms with van der Waals surface area (Å²) in [6.45, 7) is -3.15. The van der Waals surface area contributed by atoms with Crippen molar-refractivity contribution in [3.05, 3.63) is 47.5 Å². The summed E-state index contributed by atoms with van der Waals surface area (Å²) in [5, 5.41) is 3.44. The Kier molecular flexibility index (Phi) is 4.43. The number of halogens is 2. The summed E-state index contributed by atoms with van der Waals surface area (Å²) in [5.41, 5.74) is 2.43. The lowest BCUT2D eigenvalue weighted by molar-refractivity contribution is -0.0517. The second-order valence-electron chi connectivity index (χ2n) is 6.45. The summed E-state index contributed by atoms with van der Waals surface area (Å²) in [5.74, 6) is -0.221. The molecule has 0 amide bonds. The number of sulfonamides is 1. The van der Waals surface area contributed by atoms with Gasteiger partial charge in [-0.15, -0.1) is 0 Å². The fourth-order valence-corrected chi connectivity index (χ4v) is 5.03. The number of hydrogen-bond acceptors (Lipinski definition) is 5. The summed E-state index contributed by atoms with van der Waals surface area (Å²) in [6, 6.07) is 9.41. The van der Waals surface area contributed by atoms with Gasteiger partial charge in [0.1, 0.15) is 16.4 Å². The van der Waals surface area contributed by atoms with Crippen LogP contribution in [0.15, 0.2) is 41.3 Å². The van der Waals surface area contributed by atoms with Crippen molar-refractivity contribution in [2.24, 2.45) is 0 Å². The number of fused-ring (bicyclic) bond motifs is 5. The molecule has 27 heavy (non-hydrogen) atoms. The van der Waals surface area contributed by atoms with Gasteiger partial charge < -0.3 is 14.8 Å². The van der Waals surface area contributed by atoms with Crippen LogP contribution in [-0.4, -0.2) is 22.1 Å². The van der Waals surface area contributed by atoms with Crippen LogP contribution in [-0.2, 0) is 10.0 Å². The number of alkyl halides is 2. The Balaban J connectivity index is 1.74. The number of hydrogen-bond donors (Lipinski definition) is 2. The zero-order valence-corrected chi connectivity index (χ0v) is 15.2. The quantitative estimate of drug-likeness (QED) is 0.781. The van der Waals surface area contributed by atoms with E-state index in [1.54, 1.807) is 12.1 Å². The number of nitrogens with one attached hydrogen (secondary N) is 2. The molecule has 2 aromatic rings. The van der Waals surface area contributed by atoms with E-state index in [9.17, 15) is 17.2 Å². The highest BCUT2D eigenvalue weighted by Crippen LogP contribution is 2.48. The number of anilines is 1. The van der Waals surface area contributed by atoms with Crippen LogP contribution in [0.3, 0.4) is 0 Å². The highest BCUT2D eigenvalue weighted by Gasteiger charge is 2.38. The van der Waals surface area contributed by atoms with Gasteiger partial charge in [0.15, 0.2) is 0 Å². The van der Waals surface area contributed by atoms with E-state index in [2.05, 4.69) is 14.8 Å². The van der Waals surface area contributed by atoms with Crippen molar-refractivity contribution in [2.45, 2.75) is 36.4 Å². The number of methoxy groups -OCH3 is 1. The van der Waals surface area contributed by atoms with E-state index in [1.165, 1.54) is 13.2 Å². The summed E-state index contributed by atoms with van der Waals surface area (Å²) >= 11 is 0. The predicted octanol–water partition coefficient (Wildman–Crippen LogP) is 3.58. The average molecular weight is 396 g/mol. The van der Waals surface area contributed by atoms with Crippen LogP contribution in [0.5, 0.6) is 11.5 Å². The molecule has 2 aromatic carbocycles. The van der Waals surface area contributed by atoms with Gasteiger partial charge in [-0.05, 0) is 42.2 Å². The van der Waals surface area contributed by atoms with E-state index in [0.29, 0.717) is 5.69 Å². The monoisotopic (exact) mass is 396 g/mol. The SMILES string of the molecule is COc1ccc(OC(F)F)c(S(=O)(=O)Nc2cccc3c2C2CCC3N2)c1. The van der Waals surface area contributed by atoms with Crippen LogP contribution in [0, 0.1) is 0 Å². The van der Waals surface area contributed by atoms with Gasteiger partial charge in [-0.3, -0.25) is 4.72 Å². The van der Waals surface area contributed by atoms with E-state index < -0.39 is 27.3 Å². The molecule has 0 radical (unpaired) electrons. The molecule has 1 saturated heterocycles. The molecule has 9 heteroatoms. The average Bonchev–Trinajstić information content (AvgIpc) is 3.24. The van der Waals surface area contributed by atoms with Crippen molar-refractivity contribution in [3.63, 3.8) is 0 Å². The van der Waals surface area contributed by atoms with Crippen molar-refractivity contribution in [1.29, 1.82) is 0 Å². The topological polar surface area (TPSA) is 76.7 Å². The van der Waals surface area contributed by atoms with Crippen LogP contribution in [0.1, 0.15) is 36.1 Å². The van der Waals surface area contributed by atoms with Gasteiger partial charge >= 0.3 is 6.61 Å². The maximum Gasteiger partial charge on any atom is 0.387 e. The van der Waals surface area contributed by atoms with Crippen LogP contribution in [0.25, 0.3) is 0 Å². The third-order valence-electron chi connectivity index (χ3n) is 4.91. The zero-order chi connectivity index (χ0) is 19.2. The molecular formula is C18H18F2N2O4S. The van der Waals surface area contributed by atoms with Crippen LogP contribution in [0.4, 0.5) is 14.5 Å². The molecule has 2 aliphatic heterocycles. The fourth-order valence-electron chi connectivity index (χ4n) is 3.80. The molecule has 4 rings (SSSR count). The molecule has 2 unspecified atom stereocenters. The van der Waals surface area contributed by atoms with Gasteiger partial charge in [0.2, 0.25) is 0 Å². The minimum atomic E-state index is -4.18. The summed E-state index contributed by atoms with van der Waals surface area (Å²) < 4.78 is 63.3. The minimum absolute atomic E-state index is 0.0889. The molecule has 0 saturated carbocycles. The lowest BCUT2D eigenvalue weighted by Gasteiger charge is -2.19. The van der Waals surface area contributed by atoms with Crippen LogP contribution in [0.2, 0.25) is 0 Å². The molecule has 2 aliphatic rings. The second-order valence-corrected chi connectivity index (χ2v) is 8.11. The Hall–Kier alpha value is -2.39. The summed E-state index contributed by atoms with van der Waals surface area (Å²) in [6.07, 6.45) is 1.94. The smallest absolute Gasteiger partial charge is 0.387 e. The zero-order valence-electron chi connectivity index (χ0n) is 14.4. The fraction of sp³-hybridized carbons (Fsp3) is 0.333. The molecule has 0 spiro atoms. The largest absolute Gasteiger partial charge is 0.497 e. The maximum atomic E-state index is 13.0. The lowest BCUT2D eigenvalue weighted by atomic mass is 9.91. The summed E-state index contributed by atoms with van der Waals surface area (Å²) in [4.78, 5) is -0.407.